The average molecular weight is 400 g/mol. The quantitative estimate of drug-likeness (QED) is 0.573. The molecule has 2 unspecified atom stereocenters. The van der Waals surface area contributed by atoms with E-state index < -0.39 is 6.10 Å². The predicted octanol–water partition coefficient (Wildman–Crippen LogP) is 3.04. The molecule has 8 nitrogen and oxygen atoms in total. The van der Waals surface area contributed by atoms with Gasteiger partial charge in [-0.1, -0.05) is 25.1 Å². The Kier molecular flexibility index (Phi) is 6.79. The summed E-state index contributed by atoms with van der Waals surface area (Å²) in [4.78, 5) is 21.6. The number of carbonyl (C=O) groups excluding carboxylic acids is 1. The number of para-hydroxylation sites is 1. The SMILES string of the molecule is CCOCc1nc2c(NC(=O)COC)nc3ccccc3c2n1C(CC)C(C)O. The third-order valence-electron chi connectivity index (χ3n) is 4.88. The second kappa shape index (κ2) is 9.30. The Balaban J connectivity index is 2.33. The van der Waals surface area contributed by atoms with E-state index in [0.717, 1.165) is 16.4 Å². The zero-order chi connectivity index (χ0) is 21.0. The van der Waals surface area contributed by atoms with Crippen molar-refractivity contribution in [1.82, 2.24) is 14.5 Å². The van der Waals surface area contributed by atoms with E-state index in [1.165, 1.54) is 7.11 Å². The summed E-state index contributed by atoms with van der Waals surface area (Å²) in [6.07, 6.45) is 0.126. The van der Waals surface area contributed by atoms with Gasteiger partial charge < -0.3 is 24.5 Å². The van der Waals surface area contributed by atoms with Crippen LogP contribution in [0.25, 0.3) is 21.9 Å². The molecule has 0 fully saturated rings. The number of fused-ring (bicyclic) bond motifs is 3. The zero-order valence-electron chi connectivity index (χ0n) is 17.3. The number of aromatic nitrogens is 3. The van der Waals surface area contributed by atoms with Crippen molar-refractivity contribution in [2.75, 3.05) is 25.6 Å². The number of amides is 1. The van der Waals surface area contributed by atoms with E-state index in [9.17, 15) is 9.90 Å². The number of hydrogen-bond acceptors (Lipinski definition) is 6. The summed E-state index contributed by atoms with van der Waals surface area (Å²) in [5.41, 5.74) is 2.13. The second-order valence-electron chi connectivity index (χ2n) is 6.91. The maximum absolute atomic E-state index is 12.2. The van der Waals surface area contributed by atoms with Crippen molar-refractivity contribution >= 4 is 33.7 Å². The highest BCUT2D eigenvalue weighted by atomic mass is 16.5. The summed E-state index contributed by atoms with van der Waals surface area (Å²) in [7, 11) is 1.46. The molecule has 0 aliphatic carbocycles. The smallest absolute Gasteiger partial charge is 0.251 e. The fraction of sp³-hybridized carbons (Fsp3) is 0.476. The standard InChI is InChI=1S/C21H28N4O4/c1-5-16(13(3)26)25-17(11-29-6-2)23-19-20(25)14-9-7-8-10-15(14)22-21(19)24-18(27)12-28-4/h7-10,13,16,26H,5-6,11-12H2,1-4H3,(H,22,24,27). The lowest BCUT2D eigenvalue weighted by Gasteiger charge is -2.23. The van der Waals surface area contributed by atoms with Crippen molar-refractivity contribution in [3.63, 3.8) is 0 Å². The van der Waals surface area contributed by atoms with E-state index >= 15 is 0 Å². The molecule has 0 spiro atoms. The number of methoxy groups -OCH3 is 1. The van der Waals surface area contributed by atoms with E-state index in [0.29, 0.717) is 36.8 Å². The number of nitrogens with one attached hydrogen (secondary N) is 1. The lowest BCUT2D eigenvalue weighted by Crippen LogP contribution is -2.23. The maximum atomic E-state index is 12.2. The van der Waals surface area contributed by atoms with Gasteiger partial charge in [-0.3, -0.25) is 4.79 Å². The number of benzene rings is 1. The van der Waals surface area contributed by atoms with Gasteiger partial charge >= 0.3 is 0 Å². The minimum atomic E-state index is -0.587. The highest BCUT2D eigenvalue weighted by Crippen LogP contribution is 2.34. The maximum Gasteiger partial charge on any atom is 0.251 e. The van der Waals surface area contributed by atoms with E-state index in [4.69, 9.17) is 14.5 Å². The van der Waals surface area contributed by atoms with Crippen LogP contribution in [-0.2, 0) is 20.9 Å². The summed E-state index contributed by atoms with van der Waals surface area (Å²) in [6.45, 7) is 6.49. The molecule has 3 rings (SSSR count). The molecule has 2 aromatic heterocycles. The number of pyridine rings is 1. The van der Waals surface area contributed by atoms with Crippen LogP contribution in [0.2, 0.25) is 0 Å². The number of ether oxygens (including phenoxy) is 2. The van der Waals surface area contributed by atoms with Crippen LogP contribution in [0.5, 0.6) is 0 Å². The molecule has 0 bridgehead atoms. The van der Waals surface area contributed by atoms with Crippen molar-refractivity contribution in [1.29, 1.82) is 0 Å². The molecule has 0 aliphatic rings. The number of aliphatic hydroxyl groups is 1. The summed E-state index contributed by atoms with van der Waals surface area (Å²) in [5.74, 6) is 0.757. The Bertz CT molecular complexity index is 999. The van der Waals surface area contributed by atoms with E-state index in [-0.39, 0.29) is 18.6 Å². The third kappa shape index (κ3) is 4.24. The number of hydrogen-bond donors (Lipinski definition) is 2. The first-order valence-electron chi connectivity index (χ1n) is 9.85. The second-order valence-corrected chi connectivity index (χ2v) is 6.91. The molecule has 0 saturated carbocycles. The van der Waals surface area contributed by atoms with Gasteiger partial charge in [0, 0.05) is 19.1 Å². The van der Waals surface area contributed by atoms with Crippen molar-refractivity contribution < 1.29 is 19.4 Å². The van der Waals surface area contributed by atoms with Crippen LogP contribution >= 0.6 is 0 Å². The molecule has 1 amide bonds. The molecule has 0 aliphatic heterocycles. The van der Waals surface area contributed by atoms with E-state index in [2.05, 4.69) is 10.3 Å². The van der Waals surface area contributed by atoms with Crippen molar-refractivity contribution in [3.05, 3.63) is 30.1 Å². The Labute approximate surface area is 169 Å². The van der Waals surface area contributed by atoms with Crippen molar-refractivity contribution in [2.24, 2.45) is 0 Å². The van der Waals surface area contributed by atoms with Gasteiger partial charge in [0.25, 0.3) is 5.91 Å². The van der Waals surface area contributed by atoms with Gasteiger partial charge in [0.1, 0.15) is 24.6 Å². The molecule has 156 valence electrons. The third-order valence-corrected chi connectivity index (χ3v) is 4.88. The first-order chi connectivity index (χ1) is 14.0. The largest absolute Gasteiger partial charge is 0.391 e. The lowest BCUT2D eigenvalue weighted by atomic mass is 10.1. The van der Waals surface area contributed by atoms with Crippen molar-refractivity contribution in [3.8, 4) is 0 Å². The molecule has 2 atom stereocenters. The van der Waals surface area contributed by atoms with Gasteiger partial charge in [-0.05, 0) is 26.3 Å². The summed E-state index contributed by atoms with van der Waals surface area (Å²) in [5, 5.41) is 14.2. The summed E-state index contributed by atoms with van der Waals surface area (Å²) >= 11 is 0. The Morgan fingerprint density at radius 1 is 1.28 bits per heavy atom. The normalized spacial score (nSPS) is 13.7. The van der Waals surface area contributed by atoms with Gasteiger partial charge in [0.2, 0.25) is 0 Å². The highest BCUT2D eigenvalue weighted by Gasteiger charge is 2.25. The zero-order valence-corrected chi connectivity index (χ0v) is 17.3. The van der Waals surface area contributed by atoms with Gasteiger partial charge in [-0.25, -0.2) is 9.97 Å². The molecular weight excluding hydrogens is 372 g/mol. The van der Waals surface area contributed by atoms with Crippen LogP contribution in [0.3, 0.4) is 0 Å². The first kappa shape index (κ1) is 21.2. The number of carbonyl (C=O) groups is 1. The fourth-order valence-corrected chi connectivity index (χ4v) is 3.62. The molecule has 29 heavy (non-hydrogen) atoms. The molecule has 1 aromatic carbocycles. The molecule has 0 radical (unpaired) electrons. The number of anilines is 1. The summed E-state index contributed by atoms with van der Waals surface area (Å²) in [6, 6.07) is 7.52. The van der Waals surface area contributed by atoms with Gasteiger partial charge in [-0.15, -0.1) is 0 Å². The number of rotatable bonds is 9. The molecule has 2 heterocycles. The minimum Gasteiger partial charge on any atom is -0.391 e. The van der Waals surface area contributed by atoms with Crippen LogP contribution < -0.4 is 5.32 Å². The Morgan fingerprint density at radius 2 is 2.03 bits per heavy atom. The van der Waals surface area contributed by atoms with Crippen LogP contribution in [0.15, 0.2) is 24.3 Å². The minimum absolute atomic E-state index is 0.0756. The highest BCUT2D eigenvalue weighted by molar-refractivity contribution is 6.09. The molecule has 2 N–H and O–H groups in total. The van der Waals surface area contributed by atoms with E-state index in [1.54, 1.807) is 6.92 Å². The predicted molar refractivity (Wildman–Crippen MR) is 112 cm³/mol. The summed E-state index contributed by atoms with van der Waals surface area (Å²) < 4.78 is 12.6. The number of aliphatic hydroxyl groups excluding tert-OH is 1. The number of imidazole rings is 1. The van der Waals surface area contributed by atoms with Crippen LogP contribution in [-0.4, -0.2) is 52.0 Å². The van der Waals surface area contributed by atoms with Crippen LogP contribution in [0.4, 0.5) is 5.82 Å². The monoisotopic (exact) mass is 400 g/mol. The Hall–Kier alpha value is -2.55. The molecular formula is C21H28N4O4. The van der Waals surface area contributed by atoms with Crippen LogP contribution in [0, 0.1) is 0 Å². The molecule has 8 heteroatoms. The molecule has 3 aromatic rings. The first-order valence-corrected chi connectivity index (χ1v) is 9.85. The van der Waals surface area contributed by atoms with Gasteiger partial charge in [0.15, 0.2) is 5.82 Å². The van der Waals surface area contributed by atoms with E-state index in [1.807, 2.05) is 42.7 Å². The number of nitrogens with zero attached hydrogens (tertiary/aromatic N) is 3. The van der Waals surface area contributed by atoms with Crippen LogP contribution in [0.1, 0.15) is 39.1 Å². The Morgan fingerprint density at radius 3 is 2.69 bits per heavy atom. The fourth-order valence-electron chi connectivity index (χ4n) is 3.62. The average Bonchev–Trinajstić information content (AvgIpc) is 3.07. The molecule has 0 saturated heterocycles. The lowest BCUT2D eigenvalue weighted by molar-refractivity contribution is -0.119. The van der Waals surface area contributed by atoms with Crippen molar-refractivity contribution in [2.45, 2.75) is 45.9 Å². The van der Waals surface area contributed by atoms with Gasteiger partial charge in [0.05, 0.1) is 23.2 Å². The van der Waals surface area contributed by atoms with Gasteiger partial charge in [-0.2, -0.15) is 0 Å². The topological polar surface area (TPSA) is 98.5 Å².